The monoisotopic (exact) mass is 287 g/mol. The second-order valence-corrected chi connectivity index (χ2v) is 5.26. The Balaban J connectivity index is 1.50. The van der Waals surface area contributed by atoms with Crippen molar-refractivity contribution < 1.29 is 4.39 Å². The van der Waals surface area contributed by atoms with Gasteiger partial charge in [-0.1, -0.05) is 0 Å². The van der Waals surface area contributed by atoms with E-state index in [-0.39, 0.29) is 5.82 Å². The standard InChI is InChI=1S/C15H18FN5/c16-14-9-17-5-1-12(14)10-21-7-3-13(4-8-21)20-15-2-6-18-11-19-15/h1-2,5-6,9,11,13H,3-4,7-8,10H2,(H,18,19,20). The molecule has 1 aliphatic heterocycles. The zero-order valence-corrected chi connectivity index (χ0v) is 11.7. The van der Waals surface area contributed by atoms with E-state index in [9.17, 15) is 4.39 Å². The Kier molecular flexibility index (Phi) is 4.35. The number of pyridine rings is 1. The second kappa shape index (κ2) is 6.58. The predicted molar refractivity (Wildman–Crippen MR) is 78.1 cm³/mol. The molecule has 0 aromatic carbocycles. The van der Waals surface area contributed by atoms with E-state index < -0.39 is 0 Å². The number of aromatic nitrogens is 3. The Morgan fingerprint density at radius 1 is 1.19 bits per heavy atom. The van der Waals surface area contributed by atoms with E-state index in [0.717, 1.165) is 31.7 Å². The second-order valence-electron chi connectivity index (χ2n) is 5.26. The third-order valence-corrected chi connectivity index (χ3v) is 3.77. The summed E-state index contributed by atoms with van der Waals surface area (Å²) in [5, 5.41) is 3.41. The molecule has 0 saturated carbocycles. The lowest BCUT2D eigenvalue weighted by molar-refractivity contribution is 0.208. The zero-order valence-electron chi connectivity index (χ0n) is 11.7. The molecule has 2 aromatic rings. The molecule has 1 aliphatic rings. The molecule has 1 N–H and O–H groups in total. The lowest BCUT2D eigenvalue weighted by atomic mass is 10.0. The van der Waals surface area contributed by atoms with Gasteiger partial charge in [0.05, 0.1) is 6.20 Å². The van der Waals surface area contributed by atoms with Crippen molar-refractivity contribution in [3.8, 4) is 0 Å². The van der Waals surface area contributed by atoms with Gasteiger partial charge in [0, 0.05) is 43.6 Å². The number of nitrogens with one attached hydrogen (secondary N) is 1. The Bertz CT molecular complexity index is 569. The summed E-state index contributed by atoms with van der Waals surface area (Å²) >= 11 is 0. The molecule has 0 atom stereocenters. The van der Waals surface area contributed by atoms with E-state index in [2.05, 4.69) is 25.2 Å². The molecule has 2 aromatic heterocycles. The van der Waals surface area contributed by atoms with Crippen LogP contribution in [0.3, 0.4) is 0 Å². The Morgan fingerprint density at radius 3 is 2.71 bits per heavy atom. The summed E-state index contributed by atoms with van der Waals surface area (Å²) in [5.74, 6) is 0.641. The molecule has 3 heterocycles. The lowest BCUT2D eigenvalue weighted by Crippen LogP contribution is -2.38. The fourth-order valence-corrected chi connectivity index (χ4v) is 2.59. The zero-order chi connectivity index (χ0) is 14.5. The highest BCUT2D eigenvalue weighted by Crippen LogP contribution is 2.17. The first-order chi connectivity index (χ1) is 10.3. The van der Waals surface area contributed by atoms with Crippen molar-refractivity contribution in [2.75, 3.05) is 18.4 Å². The molecule has 1 saturated heterocycles. The lowest BCUT2D eigenvalue weighted by Gasteiger charge is -2.32. The van der Waals surface area contributed by atoms with Crippen molar-refractivity contribution in [3.63, 3.8) is 0 Å². The molecule has 0 unspecified atom stereocenters. The number of hydrogen-bond donors (Lipinski definition) is 1. The summed E-state index contributed by atoms with van der Waals surface area (Å²) in [6, 6.07) is 4.04. The smallest absolute Gasteiger partial charge is 0.145 e. The Morgan fingerprint density at radius 2 is 2.00 bits per heavy atom. The average Bonchev–Trinajstić information content (AvgIpc) is 2.52. The fraction of sp³-hybridized carbons (Fsp3) is 0.400. The number of nitrogens with zero attached hydrogens (tertiary/aromatic N) is 4. The van der Waals surface area contributed by atoms with Crippen LogP contribution in [0, 0.1) is 5.82 Å². The van der Waals surface area contributed by atoms with Gasteiger partial charge in [-0.3, -0.25) is 9.88 Å². The number of piperidine rings is 1. The number of halogens is 1. The number of hydrogen-bond acceptors (Lipinski definition) is 5. The van der Waals surface area contributed by atoms with Crippen LogP contribution in [-0.4, -0.2) is 39.0 Å². The van der Waals surface area contributed by atoms with Gasteiger partial charge >= 0.3 is 0 Å². The highest BCUT2D eigenvalue weighted by atomic mass is 19.1. The molecular formula is C15H18FN5. The van der Waals surface area contributed by atoms with Crippen LogP contribution in [0.1, 0.15) is 18.4 Å². The maximum Gasteiger partial charge on any atom is 0.145 e. The van der Waals surface area contributed by atoms with E-state index in [1.54, 1.807) is 24.8 Å². The van der Waals surface area contributed by atoms with Crippen molar-refractivity contribution in [2.45, 2.75) is 25.4 Å². The van der Waals surface area contributed by atoms with Gasteiger partial charge in [0.15, 0.2) is 0 Å². The third-order valence-electron chi connectivity index (χ3n) is 3.77. The molecule has 21 heavy (non-hydrogen) atoms. The van der Waals surface area contributed by atoms with Crippen molar-refractivity contribution in [1.82, 2.24) is 19.9 Å². The Labute approximate surface area is 123 Å². The molecule has 110 valence electrons. The first kappa shape index (κ1) is 13.9. The molecule has 6 heteroatoms. The largest absolute Gasteiger partial charge is 0.367 e. The summed E-state index contributed by atoms with van der Waals surface area (Å²) < 4.78 is 13.6. The quantitative estimate of drug-likeness (QED) is 0.933. The first-order valence-electron chi connectivity index (χ1n) is 7.14. The van der Waals surface area contributed by atoms with Crippen molar-refractivity contribution in [1.29, 1.82) is 0 Å². The van der Waals surface area contributed by atoms with Gasteiger partial charge < -0.3 is 5.32 Å². The summed E-state index contributed by atoms with van der Waals surface area (Å²) in [7, 11) is 0. The molecule has 0 bridgehead atoms. The van der Waals surface area contributed by atoms with Crippen molar-refractivity contribution in [2.24, 2.45) is 0 Å². The van der Waals surface area contributed by atoms with Gasteiger partial charge in [0.2, 0.25) is 0 Å². The fourth-order valence-electron chi connectivity index (χ4n) is 2.59. The predicted octanol–water partition coefficient (Wildman–Crippen LogP) is 2.09. The van der Waals surface area contributed by atoms with Crippen LogP contribution in [0.15, 0.2) is 37.1 Å². The van der Waals surface area contributed by atoms with E-state index in [0.29, 0.717) is 18.2 Å². The van der Waals surface area contributed by atoms with E-state index >= 15 is 0 Å². The maximum atomic E-state index is 13.6. The molecule has 0 aliphatic carbocycles. The minimum absolute atomic E-state index is 0.223. The van der Waals surface area contributed by atoms with Gasteiger partial charge in [-0.15, -0.1) is 0 Å². The summed E-state index contributed by atoms with van der Waals surface area (Å²) in [5.41, 5.74) is 0.715. The normalized spacial score (nSPS) is 16.8. The van der Waals surface area contributed by atoms with E-state index in [1.165, 1.54) is 6.20 Å². The molecule has 0 radical (unpaired) electrons. The molecule has 0 amide bonds. The summed E-state index contributed by atoms with van der Waals surface area (Å²) in [6.07, 6.45) is 8.24. The Hall–Kier alpha value is -2.08. The molecule has 0 spiro atoms. The van der Waals surface area contributed by atoms with Crippen LogP contribution in [0.25, 0.3) is 0 Å². The van der Waals surface area contributed by atoms with Gasteiger partial charge in [-0.25, -0.2) is 14.4 Å². The molecule has 5 nitrogen and oxygen atoms in total. The SMILES string of the molecule is Fc1cnccc1CN1CCC(Nc2ccncn2)CC1. The number of rotatable bonds is 4. The topological polar surface area (TPSA) is 53.9 Å². The highest BCUT2D eigenvalue weighted by Gasteiger charge is 2.20. The number of anilines is 1. The van der Waals surface area contributed by atoms with Crippen molar-refractivity contribution >= 4 is 5.82 Å². The van der Waals surface area contributed by atoms with Crippen LogP contribution >= 0.6 is 0 Å². The summed E-state index contributed by atoms with van der Waals surface area (Å²) in [6.45, 7) is 2.55. The van der Waals surface area contributed by atoms with Gasteiger partial charge in [0.25, 0.3) is 0 Å². The summed E-state index contributed by atoms with van der Waals surface area (Å²) in [4.78, 5) is 14.1. The van der Waals surface area contributed by atoms with Gasteiger partial charge in [0.1, 0.15) is 18.0 Å². The van der Waals surface area contributed by atoms with Crippen molar-refractivity contribution in [3.05, 3.63) is 48.4 Å². The van der Waals surface area contributed by atoms with Crippen LogP contribution in [0.5, 0.6) is 0 Å². The van der Waals surface area contributed by atoms with Crippen LogP contribution in [-0.2, 0) is 6.54 Å². The minimum atomic E-state index is -0.223. The molecular weight excluding hydrogens is 269 g/mol. The molecule has 3 rings (SSSR count). The van der Waals surface area contributed by atoms with Gasteiger partial charge in [-0.05, 0) is 25.0 Å². The van der Waals surface area contributed by atoms with E-state index in [4.69, 9.17) is 0 Å². The van der Waals surface area contributed by atoms with Crippen LogP contribution in [0.4, 0.5) is 10.2 Å². The van der Waals surface area contributed by atoms with Crippen LogP contribution < -0.4 is 5.32 Å². The average molecular weight is 287 g/mol. The molecule has 1 fully saturated rings. The third kappa shape index (κ3) is 3.72. The maximum absolute atomic E-state index is 13.6. The van der Waals surface area contributed by atoms with E-state index in [1.807, 2.05) is 6.07 Å². The number of likely N-dealkylation sites (tertiary alicyclic amines) is 1. The van der Waals surface area contributed by atoms with Crippen LogP contribution in [0.2, 0.25) is 0 Å². The highest BCUT2D eigenvalue weighted by molar-refractivity contribution is 5.33. The van der Waals surface area contributed by atoms with Gasteiger partial charge in [-0.2, -0.15) is 0 Å². The minimum Gasteiger partial charge on any atom is -0.367 e. The first-order valence-corrected chi connectivity index (χ1v) is 7.14.